The van der Waals surface area contributed by atoms with Crippen LogP contribution in [0.5, 0.6) is 0 Å². The predicted octanol–water partition coefficient (Wildman–Crippen LogP) is 2.61. The summed E-state index contributed by atoms with van der Waals surface area (Å²) in [7, 11) is 0. The number of nitrogens with two attached hydrogens (primary N) is 1. The molecule has 0 heterocycles. The van der Waals surface area contributed by atoms with Gasteiger partial charge in [0.05, 0.1) is 0 Å². The third-order valence-corrected chi connectivity index (χ3v) is 1.77. The molecule has 1 aromatic carbocycles. The Labute approximate surface area is 81.5 Å². The second kappa shape index (κ2) is 4.17. The number of halogens is 2. The molecule has 0 amide bonds. The van der Waals surface area contributed by atoms with Gasteiger partial charge in [-0.15, -0.1) is 0 Å². The fourth-order valence-electron chi connectivity index (χ4n) is 0.847. The molecule has 1 rings (SSSR count). The summed E-state index contributed by atoms with van der Waals surface area (Å²) < 4.78 is 25.8. The van der Waals surface area contributed by atoms with E-state index in [2.05, 4.69) is 4.99 Å². The second-order valence-electron chi connectivity index (χ2n) is 3.26. The highest BCUT2D eigenvalue weighted by atomic mass is 19.2. The zero-order valence-electron chi connectivity index (χ0n) is 8.09. The monoisotopic (exact) mass is 198 g/mol. The van der Waals surface area contributed by atoms with Gasteiger partial charge in [-0.3, -0.25) is 0 Å². The Bertz CT molecular complexity index is 359. The molecule has 0 unspecified atom stereocenters. The van der Waals surface area contributed by atoms with Crippen molar-refractivity contribution >= 4 is 11.5 Å². The van der Waals surface area contributed by atoms with Crippen LogP contribution in [0.3, 0.4) is 0 Å². The number of nitrogens with zero attached hydrogens (tertiary/aromatic N) is 1. The van der Waals surface area contributed by atoms with E-state index in [0.717, 1.165) is 6.07 Å². The number of amidine groups is 1. The highest BCUT2D eigenvalue weighted by molar-refractivity contribution is 5.84. The molecule has 0 aliphatic rings. The number of rotatable bonds is 2. The summed E-state index contributed by atoms with van der Waals surface area (Å²) in [5.41, 5.74) is 5.47. The Balaban J connectivity index is 3.09. The van der Waals surface area contributed by atoms with E-state index in [9.17, 15) is 8.78 Å². The lowest BCUT2D eigenvalue weighted by atomic mass is 10.2. The molecule has 0 saturated heterocycles. The molecular formula is C10H12F2N2. The third kappa shape index (κ3) is 2.28. The van der Waals surface area contributed by atoms with Crippen LogP contribution in [-0.4, -0.2) is 5.84 Å². The van der Waals surface area contributed by atoms with Crippen LogP contribution >= 0.6 is 0 Å². The van der Waals surface area contributed by atoms with Gasteiger partial charge in [0.25, 0.3) is 0 Å². The molecule has 0 aromatic heterocycles. The van der Waals surface area contributed by atoms with Crippen LogP contribution in [0.15, 0.2) is 23.2 Å². The molecule has 2 N–H and O–H groups in total. The number of hydrogen-bond donors (Lipinski definition) is 1. The van der Waals surface area contributed by atoms with E-state index in [1.165, 1.54) is 12.1 Å². The fourth-order valence-corrected chi connectivity index (χ4v) is 0.847. The zero-order valence-corrected chi connectivity index (χ0v) is 8.09. The first kappa shape index (κ1) is 10.6. The number of benzene rings is 1. The van der Waals surface area contributed by atoms with Crippen molar-refractivity contribution in [2.24, 2.45) is 16.6 Å². The summed E-state index contributed by atoms with van der Waals surface area (Å²) in [5.74, 6) is -1.58. The molecule has 0 saturated carbocycles. The lowest BCUT2D eigenvalue weighted by Gasteiger charge is -2.04. The van der Waals surface area contributed by atoms with Crippen LogP contribution in [0.25, 0.3) is 0 Å². The van der Waals surface area contributed by atoms with Gasteiger partial charge in [0.1, 0.15) is 11.5 Å². The molecule has 0 bridgehead atoms. The first-order valence-electron chi connectivity index (χ1n) is 4.30. The van der Waals surface area contributed by atoms with Crippen LogP contribution in [0.1, 0.15) is 13.8 Å². The standard InChI is InChI=1S/C10H12F2N2/c1-6(2)10(13)14-8-5-3-4-7(11)9(8)12/h3-6H,1-2H3,(H2,13,14). The summed E-state index contributed by atoms with van der Waals surface area (Å²) in [5, 5.41) is 0. The minimum atomic E-state index is -0.962. The predicted molar refractivity (Wildman–Crippen MR) is 52.5 cm³/mol. The first-order valence-corrected chi connectivity index (χ1v) is 4.30. The van der Waals surface area contributed by atoms with Gasteiger partial charge >= 0.3 is 0 Å². The van der Waals surface area contributed by atoms with E-state index in [4.69, 9.17) is 5.73 Å². The molecule has 0 radical (unpaired) electrons. The van der Waals surface area contributed by atoms with Gasteiger partial charge in [0.2, 0.25) is 0 Å². The summed E-state index contributed by atoms with van der Waals surface area (Å²) in [4.78, 5) is 3.80. The van der Waals surface area contributed by atoms with Crippen molar-refractivity contribution in [1.29, 1.82) is 0 Å². The first-order chi connectivity index (χ1) is 6.52. The number of aliphatic imine (C=N–C) groups is 1. The van der Waals surface area contributed by atoms with Gasteiger partial charge in [-0.05, 0) is 12.1 Å². The average Bonchev–Trinajstić information content (AvgIpc) is 2.12. The van der Waals surface area contributed by atoms with E-state index in [0.29, 0.717) is 0 Å². The van der Waals surface area contributed by atoms with Crippen LogP contribution < -0.4 is 5.73 Å². The molecule has 4 heteroatoms. The van der Waals surface area contributed by atoms with Crippen molar-refractivity contribution < 1.29 is 8.78 Å². The highest BCUT2D eigenvalue weighted by Crippen LogP contribution is 2.20. The third-order valence-electron chi connectivity index (χ3n) is 1.77. The molecule has 76 valence electrons. The summed E-state index contributed by atoms with van der Waals surface area (Å²) in [6, 6.07) is 3.82. The zero-order chi connectivity index (χ0) is 10.7. The van der Waals surface area contributed by atoms with Crippen molar-refractivity contribution in [1.82, 2.24) is 0 Å². The smallest absolute Gasteiger partial charge is 0.184 e. The Morgan fingerprint density at radius 1 is 1.36 bits per heavy atom. The maximum atomic E-state index is 13.1. The average molecular weight is 198 g/mol. The van der Waals surface area contributed by atoms with Crippen molar-refractivity contribution in [3.05, 3.63) is 29.8 Å². The van der Waals surface area contributed by atoms with Gasteiger partial charge in [0.15, 0.2) is 11.6 Å². The fraction of sp³-hybridized carbons (Fsp3) is 0.300. The minimum Gasteiger partial charge on any atom is -0.387 e. The second-order valence-corrected chi connectivity index (χ2v) is 3.26. The molecule has 14 heavy (non-hydrogen) atoms. The molecule has 2 nitrogen and oxygen atoms in total. The SMILES string of the molecule is CC(C)C(N)=Nc1cccc(F)c1F. The Hall–Kier alpha value is -1.45. The lowest BCUT2D eigenvalue weighted by Crippen LogP contribution is -2.18. The van der Waals surface area contributed by atoms with E-state index >= 15 is 0 Å². The van der Waals surface area contributed by atoms with Crippen molar-refractivity contribution in [2.75, 3.05) is 0 Å². The Kier molecular flexibility index (Phi) is 3.17. The van der Waals surface area contributed by atoms with Crippen LogP contribution in [0.4, 0.5) is 14.5 Å². The van der Waals surface area contributed by atoms with E-state index < -0.39 is 11.6 Å². The normalized spacial score (nSPS) is 12.2. The Morgan fingerprint density at radius 2 is 2.00 bits per heavy atom. The maximum Gasteiger partial charge on any atom is 0.184 e. The van der Waals surface area contributed by atoms with Gasteiger partial charge in [-0.2, -0.15) is 0 Å². The lowest BCUT2D eigenvalue weighted by molar-refractivity contribution is 0.510. The molecule has 0 spiro atoms. The Morgan fingerprint density at radius 3 is 2.57 bits per heavy atom. The van der Waals surface area contributed by atoms with Gasteiger partial charge in [-0.1, -0.05) is 19.9 Å². The van der Waals surface area contributed by atoms with Crippen molar-refractivity contribution in [2.45, 2.75) is 13.8 Å². The minimum absolute atomic E-state index is 0.0117. The van der Waals surface area contributed by atoms with Crippen molar-refractivity contribution in [3.63, 3.8) is 0 Å². The highest BCUT2D eigenvalue weighted by Gasteiger charge is 2.07. The van der Waals surface area contributed by atoms with Crippen LogP contribution in [-0.2, 0) is 0 Å². The molecule has 1 aromatic rings. The quantitative estimate of drug-likeness (QED) is 0.575. The van der Waals surface area contributed by atoms with E-state index in [1.807, 2.05) is 13.8 Å². The van der Waals surface area contributed by atoms with Gasteiger partial charge < -0.3 is 5.73 Å². The molecule has 0 aliphatic heterocycles. The largest absolute Gasteiger partial charge is 0.387 e. The van der Waals surface area contributed by atoms with Crippen molar-refractivity contribution in [3.8, 4) is 0 Å². The van der Waals surface area contributed by atoms with E-state index in [-0.39, 0.29) is 17.4 Å². The van der Waals surface area contributed by atoms with Crippen LogP contribution in [0.2, 0.25) is 0 Å². The maximum absolute atomic E-state index is 13.1. The number of hydrogen-bond acceptors (Lipinski definition) is 1. The topological polar surface area (TPSA) is 38.4 Å². The van der Waals surface area contributed by atoms with E-state index in [1.54, 1.807) is 0 Å². The molecule has 0 atom stereocenters. The van der Waals surface area contributed by atoms with Crippen LogP contribution in [0, 0.1) is 17.6 Å². The molecule has 0 aliphatic carbocycles. The summed E-state index contributed by atoms with van der Waals surface area (Å²) in [6.07, 6.45) is 0. The van der Waals surface area contributed by atoms with Gasteiger partial charge in [0, 0.05) is 5.92 Å². The molecule has 0 fully saturated rings. The summed E-state index contributed by atoms with van der Waals surface area (Å²) in [6.45, 7) is 3.66. The van der Waals surface area contributed by atoms with Gasteiger partial charge in [-0.25, -0.2) is 13.8 Å². The molecular weight excluding hydrogens is 186 g/mol. The summed E-state index contributed by atoms with van der Waals surface area (Å²) >= 11 is 0.